The number of carbonyl (C=O) groups is 2. The first-order chi connectivity index (χ1) is 12.6. The number of pyridine rings is 1. The van der Waals surface area contributed by atoms with Gasteiger partial charge in [-0.25, -0.2) is 14.2 Å². The monoisotopic (exact) mass is 373 g/mol. The molecule has 0 aliphatic rings. The van der Waals surface area contributed by atoms with Crippen molar-refractivity contribution in [2.24, 2.45) is 5.18 Å². The van der Waals surface area contributed by atoms with Crippen molar-refractivity contribution in [3.05, 3.63) is 64.4 Å². The molecule has 27 heavy (non-hydrogen) atoms. The number of Topliss-reactive ketones (excluding diaryl/α,β-unsaturated/α-hetero) is 1. The summed E-state index contributed by atoms with van der Waals surface area (Å²) in [5, 5.41) is 2.91. The number of nitroso groups, excluding NO2 is 1. The molecule has 0 fully saturated rings. The minimum atomic E-state index is -1.34. The van der Waals surface area contributed by atoms with Gasteiger partial charge in [-0.15, -0.1) is 4.91 Å². The lowest BCUT2D eigenvalue weighted by molar-refractivity contribution is 0.0588. The molecular weight excluding hydrogens is 353 g/mol. The predicted octanol–water partition coefficient (Wildman–Crippen LogP) is 4.28. The number of ketones is 1. The zero-order valence-corrected chi connectivity index (χ0v) is 15.5. The first-order valence-electron chi connectivity index (χ1n) is 8.17. The number of carbonyl (C=O) groups excluding carboxylic acids is 2. The van der Waals surface area contributed by atoms with E-state index in [-0.39, 0.29) is 16.9 Å². The van der Waals surface area contributed by atoms with Gasteiger partial charge in [0, 0.05) is 18.8 Å². The molecule has 0 spiro atoms. The van der Waals surface area contributed by atoms with Crippen LogP contribution in [0.1, 0.15) is 42.7 Å². The molecule has 0 aliphatic carbocycles. The van der Waals surface area contributed by atoms with Crippen LogP contribution in [0.3, 0.4) is 0 Å². The van der Waals surface area contributed by atoms with Gasteiger partial charge >= 0.3 is 6.09 Å². The van der Waals surface area contributed by atoms with Gasteiger partial charge in [-0.2, -0.15) is 0 Å². The van der Waals surface area contributed by atoms with Gasteiger partial charge in [0.25, 0.3) is 0 Å². The number of anilines is 1. The maximum atomic E-state index is 13.0. The van der Waals surface area contributed by atoms with Crippen LogP contribution in [0, 0.1) is 10.7 Å². The molecule has 1 unspecified atom stereocenters. The molecule has 0 N–H and O–H groups in total. The summed E-state index contributed by atoms with van der Waals surface area (Å²) in [7, 11) is 1.46. The van der Waals surface area contributed by atoms with Gasteiger partial charge in [0.15, 0.2) is 11.8 Å². The topological polar surface area (TPSA) is 88.9 Å². The molecule has 0 aliphatic heterocycles. The van der Waals surface area contributed by atoms with Gasteiger partial charge in [-0.1, -0.05) is 5.18 Å². The van der Waals surface area contributed by atoms with E-state index in [1.54, 1.807) is 20.8 Å². The molecule has 0 saturated heterocycles. The first kappa shape index (κ1) is 20.2. The number of hydrogen-bond donors (Lipinski definition) is 0. The van der Waals surface area contributed by atoms with Crippen molar-refractivity contribution >= 4 is 17.7 Å². The van der Waals surface area contributed by atoms with Gasteiger partial charge < -0.3 is 4.74 Å². The molecule has 0 radical (unpaired) electrons. The number of halogens is 1. The number of ether oxygens (including phenoxy) is 1. The lowest BCUT2D eigenvalue weighted by atomic mass is 9.99. The fourth-order valence-electron chi connectivity index (χ4n) is 2.24. The molecule has 1 amide bonds. The maximum Gasteiger partial charge on any atom is 0.415 e. The van der Waals surface area contributed by atoms with Crippen molar-refractivity contribution < 1.29 is 18.7 Å². The van der Waals surface area contributed by atoms with Crippen LogP contribution in [-0.4, -0.2) is 29.5 Å². The first-order valence-corrected chi connectivity index (χ1v) is 8.17. The van der Waals surface area contributed by atoms with Crippen LogP contribution in [0.25, 0.3) is 0 Å². The quantitative estimate of drug-likeness (QED) is 0.576. The van der Waals surface area contributed by atoms with Gasteiger partial charge in [-0.05, 0) is 62.7 Å². The Morgan fingerprint density at radius 3 is 2.37 bits per heavy atom. The zero-order chi connectivity index (χ0) is 20.2. The number of nitrogens with zero attached hydrogens (tertiary/aromatic N) is 3. The molecule has 1 aromatic heterocycles. The summed E-state index contributed by atoms with van der Waals surface area (Å²) in [6, 6.07) is 6.35. The lowest BCUT2D eigenvalue weighted by Crippen LogP contribution is -2.34. The van der Waals surface area contributed by atoms with Crippen LogP contribution in [0.2, 0.25) is 0 Å². The summed E-state index contributed by atoms with van der Waals surface area (Å²) in [6.07, 6.45) is 0.731. The Morgan fingerprint density at radius 1 is 1.19 bits per heavy atom. The second-order valence-corrected chi connectivity index (χ2v) is 6.87. The Bertz CT molecular complexity index is 847. The SMILES string of the molecule is CN(C(=O)OC(C)(C)C)c1cc(C(N=O)C(=O)c2ccc(F)cc2)ccn1. The highest BCUT2D eigenvalue weighted by atomic mass is 19.1. The van der Waals surface area contributed by atoms with Crippen LogP contribution < -0.4 is 4.90 Å². The van der Waals surface area contributed by atoms with E-state index in [0.29, 0.717) is 0 Å². The molecule has 1 atom stereocenters. The minimum Gasteiger partial charge on any atom is -0.443 e. The summed E-state index contributed by atoms with van der Waals surface area (Å²) in [5.41, 5.74) is -0.270. The van der Waals surface area contributed by atoms with E-state index in [1.165, 1.54) is 42.4 Å². The molecule has 1 heterocycles. The van der Waals surface area contributed by atoms with Crippen LogP contribution in [0.4, 0.5) is 15.0 Å². The highest BCUT2D eigenvalue weighted by molar-refractivity contribution is 6.01. The molecule has 8 heteroatoms. The summed E-state index contributed by atoms with van der Waals surface area (Å²) in [4.78, 5) is 41.3. The third-order valence-electron chi connectivity index (χ3n) is 3.58. The van der Waals surface area contributed by atoms with Gasteiger partial charge in [0.1, 0.15) is 17.2 Å². The van der Waals surface area contributed by atoms with Crippen molar-refractivity contribution in [3.63, 3.8) is 0 Å². The Kier molecular flexibility index (Phi) is 5.99. The van der Waals surface area contributed by atoms with Gasteiger partial charge in [0.2, 0.25) is 0 Å². The molecule has 7 nitrogen and oxygen atoms in total. The smallest absolute Gasteiger partial charge is 0.415 e. The Morgan fingerprint density at radius 2 is 1.81 bits per heavy atom. The number of benzene rings is 1. The summed E-state index contributed by atoms with van der Waals surface area (Å²) >= 11 is 0. The van der Waals surface area contributed by atoms with Crippen molar-refractivity contribution in [2.45, 2.75) is 32.4 Å². The predicted molar refractivity (Wildman–Crippen MR) is 98.1 cm³/mol. The third kappa shape index (κ3) is 5.16. The van der Waals surface area contributed by atoms with E-state index < -0.39 is 29.3 Å². The average molecular weight is 373 g/mol. The second-order valence-electron chi connectivity index (χ2n) is 6.87. The Balaban J connectivity index is 2.28. The summed E-state index contributed by atoms with van der Waals surface area (Å²) in [5.74, 6) is -0.878. The highest BCUT2D eigenvalue weighted by Gasteiger charge is 2.26. The Labute approximate surface area is 156 Å². The number of rotatable bonds is 5. The largest absolute Gasteiger partial charge is 0.443 e. The number of hydrogen-bond acceptors (Lipinski definition) is 6. The van der Waals surface area contributed by atoms with Crippen molar-refractivity contribution in [3.8, 4) is 0 Å². The normalized spacial score (nSPS) is 12.2. The van der Waals surface area contributed by atoms with Gasteiger partial charge in [0.05, 0.1) is 0 Å². The van der Waals surface area contributed by atoms with Crippen molar-refractivity contribution in [1.82, 2.24) is 4.98 Å². The number of aromatic nitrogens is 1. The Hall–Kier alpha value is -3.16. The zero-order valence-electron chi connectivity index (χ0n) is 15.5. The molecule has 2 rings (SSSR count). The molecular formula is C19H20FN3O4. The maximum absolute atomic E-state index is 13.0. The van der Waals surface area contributed by atoms with Crippen LogP contribution in [0.5, 0.6) is 0 Å². The van der Waals surface area contributed by atoms with E-state index in [1.807, 2.05) is 0 Å². The molecule has 0 bridgehead atoms. The molecule has 1 aromatic carbocycles. The summed E-state index contributed by atoms with van der Waals surface area (Å²) in [6.45, 7) is 5.20. The third-order valence-corrected chi connectivity index (χ3v) is 3.58. The van der Waals surface area contributed by atoms with Crippen LogP contribution in [-0.2, 0) is 4.74 Å². The van der Waals surface area contributed by atoms with Crippen molar-refractivity contribution in [1.29, 1.82) is 0 Å². The van der Waals surface area contributed by atoms with E-state index in [4.69, 9.17) is 4.74 Å². The lowest BCUT2D eigenvalue weighted by Gasteiger charge is -2.24. The van der Waals surface area contributed by atoms with Crippen molar-refractivity contribution in [2.75, 3.05) is 11.9 Å². The minimum absolute atomic E-state index is 0.153. The van der Waals surface area contributed by atoms with Gasteiger partial charge in [-0.3, -0.25) is 9.69 Å². The fourth-order valence-corrected chi connectivity index (χ4v) is 2.24. The molecule has 2 aromatic rings. The van der Waals surface area contributed by atoms with E-state index in [9.17, 15) is 18.9 Å². The fraction of sp³-hybridized carbons (Fsp3) is 0.316. The molecule has 142 valence electrons. The van der Waals surface area contributed by atoms with Crippen LogP contribution >= 0.6 is 0 Å². The standard InChI is InChI=1S/C19H20FN3O4/c1-19(2,3)27-18(25)23(4)15-11-13(9-10-21-15)16(22-26)17(24)12-5-7-14(20)8-6-12/h5-11,16H,1-4H3. The highest BCUT2D eigenvalue weighted by Crippen LogP contribution is 2.25. The number of amides is 1. The van der Waals surface area contributed by atoms with Crippen LogP contribution in [0.15, 0.2) is 47.8 Å². The summed E-state index contributed by atoms with van der Waals surface area (Å²) < 4.78 is 18.3. The average Bonchev–Trinajstić information content (AvgIpc) is 2.61. The van der Waals surface area contributed by atoms with E-state index in [0.717, 1.165) is 12.1 Å². The second kappa shape index (κ2) is 8.03. The molecule has 0 saturated carbocycles. The van der Waals surface area contributed by atoms with E-state index in [2.05, 4.69) is 10.2 Å². The van der Waals surface area contributed by atoms with E-state index >= 15 is 0 Å².